The molecule has 0 N–H and O–H groups in total. The molecular weight excluding hydrogens is 516 g/mol. The molecule has 154 valence electrons. The van der Waals surface area contributed by atoms with E-state index in [9.17, 15) is 22.6 Å². The van der Waals surface area contributed by atoms with Gasteiger partial charge in [0.2, 0.25) is 0 Å². The monoisotopic (exact) mass is 526 g/mol. The van der Waals surface area contributed by atoms with Crippen LogP contribution >= 0.6 is 39.1 Å². The molecule has 1 aromatic heterocycles. The van der Waals surface area contributed by atoms with Crippen molar-refractivity contribution in [2.24, 2.45) is 0 Å². The van der Waals surface area contributed by atoms with Crippen molar-refractivity contribution in [3.8, 4) is 11.8 Å². The molecule has 0 aliphatic carbocycles. The highest BCUT2D eigenvalue weighted by Gasteiger charge is 2.34. The quantitative estimate of drug-likeness (QED) is 0.474. The summed E-state index contributed by atoms with van der Waals surface area (Å²) in [7, 11) is -1.49. The van der Waals surface area contributed by atoms with Crippen molar-refractivity contribution in [2.45, 2.75) is 20.0 Å². The van der Waals surface area contributed by atoms with Crippen LogP contribution in [0.3, 0.4) is 0 Å². The van der Waals surface area contributed by atoms with Crippen LogP contribution in [0.2, 0.25) is 10.0 Å². The van der Waals surface area contributed by atoms with E-state index in [4.69, 9.17) is 23.2 Å². The highest BCUT2D eigenvalue weighted by atomic mass is 79.9. The number of hydrogen-bond donors (Lipinski definition) is 0. The van der Waals surface area contributed by atoms with Gasteiger partial charge in [-0.3, -0.25) is 4.31 Å². The zero-order valence-electron chi connectivity index (χ0n) is 14.9. The molecule has 0 spiro atoms. The Morgan fingerprint density at radius 2 is 1.83 bits per heavy atom. The summed E-state index contributed by atoms with van der Waals surface area (Å²) in [6.07, 6.45) is -4.63. The molecule has 5 nitrogen and oxygen atoms in total. The van der Waals surface area contributed by atoms with Crippen molar-refractivity contribution < 1.29 is 17.4 Å². The third kappa shape index (κ3) is 4.06. The second-order valence-corrected chi connectivity index (χ2v) is 9.34. The molecule has 1 aliphatic heterocycles. The molecule has 29 heavy (non-hydrogen) atoms. The van der Waals surface area contributed by atoms with Crippen LogP contribution in [0.5, 0.6) is 0 Å². The van der Waals surface area contributed by atoms with Crippen LogP contribution in [0.4, 0.5) is 19.0 Å². The molecule has 0 amide bonds. The summed E-state index contributed by atoms with van der Waals surface area (Å²) in [6, 6.07) is 3.36. The van der Waals surface area contributed by atoms with Gasteiger partial charge in [-0.1, -0.05) is 34.3 Å². The van der Waals surface area contributed by atoms with Gasteiger partial charge < -0.3 is 0 Å². The van der Waals surface area contributed by atoms with E-state index in [1.807, 2.05) is 19.9 Å². The van der Waals surface area contributed by atoms with Crippen LogP contribution < -0.4 is 4.31 Å². The molecule has 1 aromatic carbocycles. The van der Waals surface area contributed by atoms with E-state index in [-0.39, 0.29) is 44.0 Å². The van der Waals surface area contributed by atoms with Crippen molar-refractivity contribution >= 4 is 55.9 Å². The third-order valence-electron chi connectivity index (χ3n) is 4.40. The Balaban J connectivity index is 2.25. The van der Waals surface area contributed by atoms with Crippen LogP contribution in [0.25, 0.3) is 5.69 Å². The molecule has 12 heteroatoms. The van der Waals surface area contributed by atoms with Gasteiger partial charge in [-0.15, -0.1) is 0 Å². The Kier molecular flexibility index (Phi) is 6.07. The average Bonchev–Trinajstić information content (AvgIpc) is 2.93. The van der Waals surface area contributed by atoms with Gasteiger partial charge in [0.1, 0.15) is 22.7 Å². The van der Waals surface area contributed by atoms with E-state index in [0.717, 1.165) is 28.0 Å². The van der Waals surface area contributed by atoms with Gasteiger partial charge in [0.15, 0.2) is 11.5 Å². The summed E-state index contributed by atoms with van der Waals surface area (Å²) in [5, 5.41) is 12.9. The summed E-state index contributed by atoms with van der Waals surface area (Å²) in [4.78, 5) is 0. The summed E-state index contributed by atoms with van der Waals surface area (Å²) in [5.74, 6) is 0.495. The first-order valence-electron chi connectivity index (χ1n) is 8.02. The molecule has 1 unspecified atom stereocenters. The Morgan fingerprint density at radius 1 is 1.24 bits per heavy atom. The fraction of sp³-hybridized carbons (Fsp3) is 0.294. The number of nitriles is 1. The van der Waals surface area contributed by atoms with Crippen LogP contribution in [0.1, 0.15) is 25.1 Å². The van der Waals surface area contributed by atoms with E-state index >= 15 is 0 Å². The highest BCUT2D eigenvalue weighted by Crippen LogP contribution is 2.41. The number of anilines is 1. The maximum Gasteiger partial charge on any atom is 0.416 e. The normalized spacial score (nSPS) is 17.6. The minimum absolute atomic E-state index is 0.0422. The van der Waals surface area contributed by atoms with Gasteiger partial charge >= 0.3 is 6.18 Å². The first kappa shape index (κ1) is 22.2. The third-order valence-corrected chi connectivity index (χ3v) is 7.18. The van der Waals surface area contributed by atoms with Crippen molar-refractivity contribution in [2.75, 3.05) is 16.6 Å². The standard InChI is InChI=1S/C17H12BrCl2F3N4OS/c1-8-6-26(29(28)7-9(8)2)16-14(18)13(5-24)25-27(16)15-11(19)3-10(4-12(15)20)17(21,22)23/h3-4H,6-7H2,1-2H3. The molecule has 1 atom stereocenters. The van der Waals surface area contributed by atoms with Crippen LogP contribution in [0.15, 0.2) is 27.8 Å². The summed E-state index contributed by atoms with van der Waals surface area (Å²) >= 11 is 15.6. The molecule has 0 bridgehead atoms. The first-order chi connectivity index (χ1) is 13.5. The van der Waals surface area contributed by atoms with Crippen molar-refractivity contribution in [1.29, 1.82) is 5.26 Å². The molecule has 0 radical (unpaired) electrons. The number of nitrogens with zero attached hydrogens (tertiary/aromatic N) is 4. The van der Waals surface area contributed by atoms with E-state index in [1.54, 1.807) is 0 Å². The maximum atomic E-state index is 13.1. The zero-order chi connectivity index (χ0) is 21.7. The second kappa shape index (κ2) is 7.95. The van der Waals surface area contributed by atoms with Gasteiger partial charge in [0.25, 0.3) is 0 Å². The lowest BCUT2D eigenvalue weighted by Gasteiger charge is -2.30. The summed E-state index contributed by atoms with van der Waals surface area (Å²) < 4.78 is 54.9. The molecular formula is C17H12BrCl2F3N4OS. The lowest BCUT2D eigenvalue weighted by molar-refractivity contribution is -0.137. The number of rotatable bonds is 2. The Hall–Kier alpha value is -1.54. The highest BCUT2D eigenvalue weighted by molar-refractivity contribution is 9.10. The van der Waals surface area contributed by atoms with E-state index < -0.39 is 22.7 Å². The lowest BCUT2D eigenvalue weighted by Crippen LogP contribution is -2.35. The Labute approximate surface area is 185 Å². The summed E-state index contributed by atoms with van der Waals surface area (Å²) in [5.41, 5.74) is 0.855. The summed E-state index contributed by atoms with van der Waals surface area (Å²) in [6.45, 7) is 4.04. The van der Waals surface area contributed by atoms with Gasteiger partial charge in [-0.25, -0.2) is 8.89 Å². The first-order valence-corrected chi connectivity index (χ1v) is 10.8. The molecule has 1 aliphatic rings. The molecule has 0 saturated heterocycles. The topological polar surface area (TPSA) is 61.9 Å². The molecule has 2 aromatic rings. The van der Waals surface area contributed by atoms with Gasteiger partial charge in [0, 0.05) is 0 Å². The van der Waals surface area contributed by atoms with Crippen molar-refractivity contribution in [3.63, 3.8) is 0 Å². The number of halogens is 6. The van der Waals surface area contributed by atoms with Crippen molar-refractivity contribution in [3.05, 3.63) is 49.1 Å². The smallest absolute Gasteiger partial charge is 0.270 e. The number of aromatic nitrogens is 2. The maximum absolute atomic E-state index is 13.1. The van der Waals surface area contributed by atoms with E-state index in [2.05, 4.69) is 21.0 Å². The zero-order valence-corrected chi connectivity index (χ0v) is 18.9. The molecule has 0 fully saturated rings. The van der Waals surface area contributed by atoms with E-state index in [0.29, 0.717) is 0 Å². The predicted molar refractivity (Wildman–Crippen MR) is 110 cm³/mol. The van der Waals surface area contributed by atoms with Crippen LogP contribution in [0, 0.1) is 11.3 Å². The van der Waals surface area contributed by atoms with Gasteiger partial charge in [0.05, 0.1) is 32.4 Å². The number of benzene rings is 1. The van der Waals surface area contributed by atoms with Crippen molar-refractivity contribution in [1.82, 2.24) is 9.78 Å². The Morgan fingerprint density at radius 3 is 2.34 bits per heavy atom. The van der Waals surface area contributed by atoms with Crippen LogP contribution in [-0.4, -0.2) is 26.3 Å². The Bertz CT molecular complexity index is 1080. The lowest BCUT2D eigenvalue weighted by atomic mass is 10.2. The number of alkyl halides is 3. The minimum Gasteiger partial charge on any atom is -0.270 e. The fourth-order valence-corrected chi connectivity index (χ4v) is 5.53. The average molecular weight is 528 g/mol. The molecule has 0 saturated carbocycles. The molecule has 3 rings (SSSR count). The fourth-order valence-electron chi connectivity index (χ4n) is 2.74. The molecule has 2 heterocycles. The van der Waals surface area contributed by atoms with Gasteiger partial charge in [-0.05, 0) is 41.9 Å². The second-order valence-electron chi connectivity index (χ2n) is 6.36. The van der Waals surface area contributed by atoms with Crippen LogP contribution in [-0.2, 0) is 17.2 Å². The van der Waals surface area contributed by atoms with Gasteiger partial charge in [-0.2, -0.15) is 23.5 Å². The van der Waals surface area contributed by atoms with E-state index in [1.165, 1.54) is 4.31 Å². The SMILES string of the molecule is CC1=C(C)CS(=O)N(c2c(Br)c(C#N)nn2-c2c(Cl)cc(C(F)(F)F)cc2Cl)C1. The minimum atomic E-state index is -4.63. The largest absolute Gasteiger partial charge is 0.416 e. The predicted octanol–water partition coefficient (Wildman–Crippen LogP) is 5.65. The number of hydrogen-bond acceptors (Lipinski definition) is 3.